The normalized spacial score (nSPS) is 13.7. The third-order valence-electron chi connectivity index (χ3n) is 7.18. The highest BCUT2D eigenvalue weighted by Crippen LogP contribution is 2.30. The van der Waals surface area contributed by atoms with E-state index in [0.717, 1.165) is 49.3 Å². The van der Waals surface area contributed by atoms with Gasteiger partial charge in [0.05, 0.1) is 12.2 Å². The van der Waals surface area contributed by atoms with Crippen molar-refractivity contribution in [1.82, 2.24) is 5.32 Å². The smallest absolute Gasteiger partial charge is 0.323 e. The van der Waals surface area contributed by atoms with E-state index >= 15 is 0 Å². The number of urea groups is 1. The Morgan fingerprint density at radius 3 is 2.26 bits per heavy atom. The Morgan fingerprint density at radius 2 is 1.58 bits per heavy atom. The molecule has 3 aromatic rings. The first-order valence-corrected chi connectivity index (χ1v) is 13.3. The van der Waals surface area contributed by atoms with Crippen LogP contribution in [-0.2, 0) is 11.2 Å². The molecular weight excluding hydrogens is 476 g/mol. The van der Waals surface area contributed by atoms with Gasteiger partial charge in [0.15, 0.2) is 0 Å². The van der Waals surface area contributed by atoms with Gasteiger partial charge < -0.3 is 25.6 Å². The number of nitrogens with zero attached hydrogens (tertiary/aromatic N) is 1. The zero-order chi connectivity index (χ0) is 26.9. The fraction of sp³-hybridized carbons (Fsp3) is 0.355. The molecule has 0 aromatic heterocycles. The van der Waals surface area contributed by atoms with E-state index < -0.39 is 0 Å². The van der Waals surface area contributed by atoms with E-state index in [9.17, 15) is 9.59 Å². The lowest BCUT2D eigenvalue weighted by Crippen LogP contribution is -2.36. The Hall–Kier alpha value is -3.84. The molecule has 7 nitrogen and oxygen atoms in total. The van der Waals surface area contributed by atoms with Crippen LogP contribution in [0.4, 0.5) is 21.9 Å². The molecule has 3 aromatic carbocycles. The summed E-state index contributed by atoms with van der Waals surface area (Å²) >= 11 is 0. The topological polar surface area (TPSA) is 82.7 Å². The maximum absolute atomic E-state index is 13.2. The van der Waals surface area contributed by atoms with Crippen molar-refractivity contribution in [1.29, 1.82) is 0 Å². The molecule has 1 fully saturated rings. The van der Waals surface area contributed by atoms with Crippen LogP contribution in [-0.4, -0.2) is 45.3 Å². The third kappa shape index (κ3) is 7.35. The van der Waals surface area contributed by atoms with E-state index in [1.165, 1.54) is 11.1 Å². The minimum Gasteiger partial charge on any atom is -0.383 e. The molecule has 3 amide bonds. The van der Waals surface area contributed by atoms with Gasteiger partial charge in [0.2, 0.25) is 0 Å². The standard InChI is InChI=1S/C31H38N4O3/c1-22-9-10-26(19-23(22)2)33-31(37)34-27-11-12-29(28(21-27)30(36)32-15-18-38-3)35-16-13-25(14-17-35)20-24-7-5-4-6-8-24/h4-12,19,21,25H,13-18,20H2,1-3H3,(H,32,36)(H2,33,34,37). The molecule has 0 radical (unpaired) electrons. The van der Waals surface area contributed by atoms with Crippen molar-refractivity contribution >= 4 is 29.0 Å². The van der Waals surface area contributed by atoms with E-state index in [0.29, 0.717) is 30.3 Å². The number of hydrogen-bond acceptors (Lipinski definition) is 4. The van der Waals surface area contributed by atoms with Crippen molar-refractivity contribution in [3.8, 4) is 0 Å². The number of piperidine rings is 1. The van der Waals surface area contributed by atoms with Gasteiger partial charge >= 0.3 is 6.03 Å². The second kappa shape index (κ2) is 13.1. The fourth-order valence-electron chi connectivity index (χ4n) is 4.87. The van der Waals surface area contributed by atoms with Crippen LogP contribution in [0.25, 0.3) is 0 Å². The van der Waals surface area contributed by atoms with Crippen LogP contribution in [0.1, 0.15) is 39.9 Å². The van der Waals surface area contributed by atoms with Crippen LogP contribution in [0.2, 0.25) is 0 Å². The molecule has 0 atom stereocenters. The second-order valence-electron chi connectivity index (χ2n) is 9.98. The minimum absolute atomic E-state index is 0.179. The van der Waals surface area contributed by atoms with Gasteiger partial charge in [0.1, 0.15) is 0 Å². The number of nitrogens with one attached hydrogen (secondary N) is 3. The number of aryl methyl sites for hydroxylation is 2. The number of ether oxygens (including phenoxy) is 1. The number of benzene rings is 3. The van der Waals surface area contributed by atoms with Gasteiger partial charge in [-0.25, -0.2) is 4.79 Å². The molecule has 0 saturated carbocycles. The highest BCUT2D eigenvalue weighted by molar-refractivity contribution is 6.04. The van der Waals surface area contributed by atoms with Crippen molar-refractivity contribution in [2.45, 2.75) is 33.1 Å². The molecule has 3 N–H and O–H groups in total. The predicted octanol–water partition coefficient (Wildman–Crippen LogP) is 5.78. The summed E-state index contributed by atoms with van der Waals surface area (Å²) in [6.45, 7) is 6.66. The molecule has 200 valence electrons. The number of carbonyl (C=O) groups excluding carboxylic acids is 2. The largest absolute Gasteiger partial charge is 0.383 e. The van der Waals surface area contributed by atoms with Crippen molar-refractivity contribution < 1.29 is 14.3 Å². The number of anilines is 3. The van der Waals surface area contributed by atoms with E-state index in [1.54, 1.807) is 13.2 Å². The third-order valence-corrected chi connectivity index (χ3v) is 7.18. The maximum atomic E-state index is 13.2. The van der Waals surface area contributed by atoms with Crippen LogP contribution in [0.3, 0.4) is 0 Å². The Kier molecular flexibility index (Phi) is 9.38. The molecule has 1 aliphatic heterocycles. The van der Waals surface area contributed by atoms with Crippen LogP contribution >= 0.6 is 0 Å². The van der Waals surface area contributed by atoms with Crippen molar-refractivity contribution in [2.24, 2.45) is 5.92 Å². The maximum Gasteiger partial charge on any atom is 0.323 e. The minimum atomic E-state index is -0.353. The Balaban J connectivity index is 1.45. The molecular formula is C31H38N4O3. The van der Waals surface area contributed by atoms with E-state index in [-0.39, 0.29) is 11.9 Å². The molecule has 1 aliphatic rings. The highest BCUT2D eigenvalue weighted by atomic mass is 16.5. The van der Waals surface area contributed by atoms with Crippen molar-refractivity contribution in [3.05, 3.63) is 89.0 Å². The summed E-state index contributed by atoms with van der Waals surface area (Å²) in [7, 11) is 1.61. The zero-order valence-corrected chi connectivity index (χ0v) is 22.5. The summed E-state index contributed by atoms with van der Waals surface area (Å²) in [5.41, 5.74) is 6.36. The monoisotopic (exact) mass is 514 g/mol. The van der Waals surface area contributed by atoms with Crippen molar-refractivity contribution in [2.75, 3.05) is 48.9 Å². The summed E-state index contributed by atoms with van der Waals surface area (Å²) < 4.78 is 5.09. The summed E-state index contributed by atoms with van der Waals surface area (Å²) in [6, 6.07) is 21.6. The molecule has 0 bridgehead atoms. The summed E-state index contributed by atoms with van der Waals surface area (Å²) in [4.78, 5) is 28.1. The van der Waals surface area contributed by atoms with Gasteiger partial charge in [-0.1, -0.05) is 36.4 Å². The second-order valence-corrected chi connectivity index (χ2v) is 9.98. The first-order chi connectivity index (χ1) is 18.4. The molecule has 0 aliphatic carbocycles. The van der Waals surface area contributed by atoms with Crippen LogP contribution in [0, 0.1) is 19.8 Å². The first-order valence-electron chi connectivity index (χ1n) is 13.3. The number of amides is 3. The molecule has 4 rings (SSSR count). The molecule has 38 heavy (non-hydrogen) atoms. The van der Waals surface area contributed by atoms with Gasteiger partial charge in [-0.3, -0.25) is 4.79 Å². The van der Waals surface area contributed by atoms with Crippen LogP contribution in [0.5, 0.6) is 0 Å². The quantitative estimate of drug-likeness (QED) is 0.316. The molecule has 1 saturated heterocycles. The first kappa shape index (κ1) is 27.2. The number of hydrogen-bond donors (Lipinski definition) is 3. The lowest BCUT2D eigenvalue weighted by Gasteiger charge is -2.35. The van der Waals surface area contributed by atoms with Crippen molar-refractivity contribution in [3.63, 3.8) is 0 Å². The molecule has 7 heteroatoms. The van der Waals surface area contributed by atoms with E-state index in [1.807, 2.05) is 44.2 Å². The van der Waals surface area contributed by atoms with Crippen LogP contribution in [0.15, 0.2) is 66.7 Å². The summed E-state index contributed by atoms with van der Waals surface area (Å²) in [6.07, 6.45) is 3.22. The zero-order valence-electron chi connectivity index (χ0n) is 22.5. The summed E-state index contributed by atoms with van der Waals surface area (Å²) in [5, 5.41) is 8.69. The lowest BCUT2D eigenvalue weighted by molar-refractivity contribution is 0.0937. The fourth-order valence-corrected chi connectivity index (χ4v) is 4.87. The van der Waals surface area contributed by atoms with E-state index in [4.69, 9.17) is 4.74 Å². The number of carbonyl (C=O) groups is 2. The average molecular weight is 515 g/mol. The van der Waals surface area contributed by atoms with Gasteiger partial charge in [-0.2, -0.15) is 0 Å². The average Bonchev–Trinajstić information content (AvgIpc) is 2.92. The van der Waals surface area contributed by atoms with Gasteiger partial charge in [-0.15, -0.1) is 0 Å². The van der Waals surface area contributed by atoms with Gasteiger partial charge in [-0.05, 0) is 86.1 Å². The summed E-state index contributed by atoms with van der Waals surface area (Å²) in [5.74, 6) is 0.448. The number of rotatable bonds is 9. The Bertz CT molecular complexity index is 1240. The van der Waals surface area contributed by atoms with Crippen LogP contribution < -0.4 is 20.9 Å². The highest BCUT2D eigenvalue weighted by Gasteiger charge is 2.24. The number of methoxy groups -OCH3 is 1. The molecule has 0 unspecified atom stereocenters. The van der Waals surface area contributed by atoms with Gasteiger partial charge in [0, 0.05) is 43.8 Å². The van der Waals surface area contributed by atoms with Gasteiger partial charge in [0.25, 0.3) is 5.91 Å². The predicted molar refractivity (Wildman–Crippen MR) is 154 cm³/mol. The van der Waals surface area contributed by atoms with E-state index in [2.05, 4.69) is 51.2 Å². The lowest BCUT2D eigenvalue weighted by atomic mass is 9.89. The SMILES string of the molecule is COCCNC(=O)c1cc(NC(=O)Nc2ccc(C)c(C)c2)ccc1N1CCC(Cc2ccccc2)CC1. The molecule has 0 spiro atoms. The Labute approximate surface area is 225 Å². The molecule has 1 heterocycles. The Morgan fingerprint density at radius 1 is 0.895 bits per heavy atom.